The fraction of sp³-hybridized carbons (Fsp3) is 1.00. The molecule has 1 rings (SSSR count). The maximum absolute atomic E-state index is 8.85. The van der Waals surface area contributed by atoms with E-state index >= 15 is 0 Å². The molecule has 0 bridgehead atoms. The van der Waals surface area contributed by atoms with Gasteiger partial charge in [0.25, 0.3) is 0 Å². The van der Waals surface area contributed by atoms with Crippen molar-refractivity contribution in [2.45, 2.75) is 45.1 Å². The summed E-state index contributed by atoms with van der Waals surface area (Å²) in [7, 11) is 0. The van der Waals surface area contributed by atoms with Crippen LogP contribution in [0.15, 0.2) is 0 Å². The summed E-state index contributed by atoms with van der Waals surface area (Å²) in [5.41, 5.74) is 0.0884. The Labute approximate surface area is 67.7 Å². The summed E-state index contributed by atoms with van der Waals surface area (Å²) >= 11 is 0. The standard InChI is InChI=1S/C8H17NO2/c1-6-4-8(2,3)9-7(5-10)11-6/h6-7,9-10H,4-5H2,1-3H3. The largest absolute Gasteiger partial charge is 0.392 e. The van der Waals surface area contributed by atoms with Crippen molar-refractivity contribution >= 4 is 0 Å². The van der Waals surface area contributed by atoms with Gasteiger partial charge in [0.2, 0.25) is 0 Å². The highest BCUT2D eigenvalue weighted by atomic mass is 16.5. The molecule has 1 aliphatic rings. The molecule has 0 saturated carbocycles. The fourth-order valence-corrected chi connectivity index (χ4v) is 1.66. The van der Waals surface area contributed by atoms with Gasteiger partial charge in [0.15, 0.2) is 0 Å². The van der Waals surface area contributed by atoms with Gasteiger partial charge in [-0.15, -0.1) is 0 Å². The van der Waals surface area contributed by atoms with Crippen LogP contribution in [0.2, 0.25) is 0 Å². The molecule has 1 saturated heterocycles. The number of hydrogen-bond donors (Lipinski definition) is 2. The zero-order valence-corrected chi connectivity index (χ0v) is 7.42. The second-order valence-corrected chi connectivity index (χ2v) is 3.85. The van der Waals surface area contributed by atoms with Gasteiger partial charge < -0.3 is 9.84 Å². The average molecular weight is 159 g/mol. The Morgan fingerprint density at radius 1 is 1.64 bits per heavy atom. The van der Waals surface area contributed by atoms with Crippen molar-refractivity contribution in [3.05, 3.63) is 0 Å². The maximum Gasteiger partial charge on any atom is 0.132 e. The monoisotopic (exact) mass is 159 g/mol. The third kappa shape index (κ3) is 2.43. The Morgan fingerprint density at radius 2 is 2.27 bits per heavy atom. The minimum atomic E-state index is -0.186. The number of nitrogens with one attached hydrogen (secondary N) is 1. The van der Waals surface area contributed by atoms with Gasteiger partial charge >= 0.3 is 0 Å². The van der Waals surface area contributed by atoms with Crippen LogP contribution < -0.4 is 5.32 Å². The number of aliphatic hydroxyl groups excluding tert-OH is 1. The molecule has 2 N–H and O–H groups in total. The van der Waals surface area contributed by atoms with E-state index in [9.17, 15) is 0 Å². The van der Waals surface area contributed by atoms with Gasteiger partial charge in [-0.1, -0.05) is 0 Å². The van der Waals surface area contributed by atoms with Crippen LogP contribution in [0.1, 0.15) is 27.2 Å². The van der Waals surface area contributed by atoms with Gasteiger partial charge in [-0.25, -0.2) is 0 Å². The quantitative estimate of drug-likeness (QED) is 0.585. The molecule has 1 aliphatic heterocycles. The summed E-state index contributed by atoms with van der Waals surface area (Å²) < 4.78 is 5.41. The smallest absolute Gasteiger partial charge is 0.132 e. The molecule has 3 heteroatoms. The van der Waals surface area contributed by atoms with E-state index in [0.717, 1.165) is 6.42 Å². The first-order chi connectivity index (χ1) is 5.03. The summed E-state index contributed by atoms with van der Waals surface area (Å²) in [6.45, 7) is 6.32. The minimum Gasteiger partial charge on any atom is -0.392 e. The third-order valence-electron chi connectivity index (χ3n) is 1.91. The molecule has 11 heavy (non-hydrogen) atoms. The lowest BCUT2D eigenvalue weighted by molar-refractivity contribution is -0.106. The first-order valence-electron chi connectivity index (χ1n) is 4.07. The Kier molecular flexibility index (Phi) is 2.52. The van der Waals surface area contributed by atoms with Gasteiger partial charge in [0.05, 0.1) is 12.7 Å². The van der Waals surface area contributed by atoms with E-state index in [4.69, 9.17) is 9.84 Å². The molecular weight excluding hydrogens is 142 g/mol. The topological polar surface area (TPSA) is 41.5 Å². The van der Waals surface area contributed by atoms with Crippen molar-refractivity contribution in [2.75, 3.05) is 6.61 Å². The molecule has 0 spiro atoms. The zero-order valence-electron chi connectivity index (χ0n) is 7.42. The SMILES string of the molecule is CC1CC(C)(C)NC(CO)O1. The summed E-state index contributed by atoms with van der Waals surface area (Å²) in [5, 5.41) is 12.1. The average Bonchev–Trinajstić information content (AvgIpc) is 1.83. The highest BCUT2D eigenvalue weighted by molar-refractivity contribution is 4.85. The Bertz CT molecular complexity index is 136. The lowest BCUT2D eigenvalue weighted by Crippen LogP contribution is -2.56. The lowest BCUT2D eigenvalue weighted by atomic mass is 9.95. The van der Waals surface area contributed by atoms with Gasteiger partial charge in [-0.2, -0.15) is 0 Å². The number of aliphatic hydroxyl groups is 1. The van der Waals surface area contributed by atoms with Crippen LogP contribution in [-0.4, -0.2) is 29.6 Å². The predicted molar refractivity (Wildman–Crippen MR) is 43.3 cm³/mol. The van der Waals surface area contributed by atoms with Gasteiger partial charge in [0.1, 0.15) is 6.23 Å². The van der Waals surface area contributed by atoms with E-state index < -0.39 is 0 Å². The van der Waals surface area contributed by atoms with Crippen LogP contribution in [0, 0.1) is 0 Å². The minimum absolute atomic E-state index is 0.0494. The molecular formula is C8H17NO2. The van der Waals surface area contributed by atoms with Crippen molar-refractivity contribution in [1.29, 1.82) is 0 Å². The second kappa shape index (κ2) is 3.09. The molecule has 3 nitrogen and oxygen atoms in total. The molecule has 0 aliphatic carbocycles. The van der Waals surface area contributed by atoms with E-state index in [1.807, 2.05) is 6.92 Å². The van der Waals surface area contributed by atoms with E-state index in [1.165, 1.54) is 0 Å². The molecule has 0 amide bonds. The van der Waals surface area contributed by atoms with Crippen molar-refractivity contribution in [2.24, 2.45) is 0 Å². The normalized spacial score (nSPS) is 37.1. The molecule has 0 aromatic carbocycles. The summed E-state index contributed by atoms with van der Waals surface area (Å²) in [6.07, 6.45) is 1.04. The van der Waals surface area contributed by atoms with Crippen molar-refractivity contribution in [3.8, 4) is 0 Å². The Morgan fingerprint density at radius 3 is 2.73 bits per heavy atom. The van der Waals surface area contributed by atoms with Crippen molar-refractivity contribution in [3.63, 3.8) is 0 Å². The second-order valence-electron chi connectivity index (χ2n) is 3.85. The number of hydrogen-bond acceptors (Lipinski definition) is 3. The van der Waals surface area contributed by atoms with Crippen LogP contribution in [0.4, 0.5) is 0 Å². The van der Waals surface area contributed by atoms with Gasteiger partial charge in [-0.3, -0.25) is 5.32 Å². The summed E-state index contributed by atoms with van der Waals surface area (Å²) in [5.74, 6) is 0. The first kappa shape index (κ1) is 8.97. The third-order valence-corrected chi connectivity index (χ3v) is 1.91. The van der Waals surface area contributed by atoms with Crippen LogP contribution in [0.25, 0.3) is 0 Å². The summed E-state index contributed by atoms with van der Waals surface area (Å²) in [6, 6.07) is 0. The van der Waals surface area contributed by atoms with E-state index in [0.29, 0.717) is 0 Å². The van der Waals surface area contributed by atoms with Gasteiger partial charge in [-0.05, 0) is 27.2 Å². The zero-order chi connectivity index (χ0) is 8.48. The van der Waals surface area contributed by atoms with E-state index in [2.05, 4.69) is 19.2 Å². The van der Waals surface area contributed by atoms with Crippen LogP contribution in [0.5, 0.6) is 0 Å². The van der Waals surface area contributed by atoms with Crippen molar-refractivity contribution in [1.82, 2.24) is 5.32 Å². The highest BCUT2D eigenvalue weighted by Gasteiger charge is 2.30. The number of rotatable bonds is 1. The molecule has 0 aromatic heterocycles. The molecule has 66 valence electrons. The molecule has 1 heterocycles. The predicted octanol–water partition coefficient (Wildman–Crippen LogP) is 0.482. The number of ether oxygens (including phenoxy) is 1. The molecule has 1 fully saturated rings. The molecule has 0 radical (unpaired) electrons. The van der Waals surface area contributed by atoms with Crippen LogP contribution in [0.3, 0.4) is 0 Å². The maximum atomic E-state index is 8.85. The van der Waals surface area contributed by atoms with Crippen LogP contribution in [-0.2, 0) is 4.74 Å². The van der Waals surface area contributed by atoms with Gasteiger partial charge in [0, 0.05) is 5.54 Å². The van der Waals surface area contributed by atoms with Crippen molar-refractivity contribution < 1.29 is 9.84 Å². The van der Waals surface area contributed by atoms with E-state index in [-0.39, 0.29) is 24.5 Å². The first-order valence-corrected chi connectivity index (χ1v) is 4.07. The molecule has 2 atom stereocenters. The molecule has 2 unspecified atom stereocenters. The highest BCUT2D eigenvalue weighted by Crippen LogP contribution is 2.20. The Balaban J connectivity index is 2.51. The van der Waals surface area contributed by atoms with Crippen LogP contribution >= 0.6 is 0 Å². The molecule has 0 aromatic rings. The Hall–Kier alpha value is -0.120. The lowest BCUT2D eigenvalue weighted by Gasteiger charge is -2.39. The van der Waals surface area contributed by atoms with E-state index in [1.54, 1.807) is 0 Å². The summed E-state index contributed by atoms with van der Waals surface area (Å²) in [4.78, 5) is 0. The fourth-order valence-electron chi connectivity index (χ4n) is 1.66.